The molecule has 1 N–H and O–H groups in total. The van der Waals surface area contributed by atoms with Crippen LogP contribution in [0.4, 0.5) is 10.1 Å². The predicted octanol–water partition coefficient (Wildman–Crippen LogP) is 3.30. The fourth-order valence-corrected chi connectivity index (χ4v) is 2.51. The lowest BCUT2D eigenvalue weighted by Crippen LogP contribution is -2.30. The van der Waals surface area contributed by atoms with Gasteiger partial charge in [-0.05, 0) is 37.1 Å². The van der Waals surface area contributed by atoms with Crippen LogP contribution in [0.2, 0.25) is 5.02 Å². The zero-order valence-electron chi connectivity index (χ0n) is 10.9. The fourth-order valence-electron chi connectivity index (χ4n) is 2.35. The Hall–Kier alpha value is -0.800. The Labute approximate surface area is 113 Å². The molecule has 1 aliphatic rings. The monoisotopic (exact) mass is 270 g/mol. The number of nitrogens with zero attached hydrogens (tertiary/aromatic N) is 1. The van der Waals surface area contributed by atoms with E-state index >= 15 is 0 Å². The molecule has 2 nitrogen and oxygen atoms in total. The second kappa shape index (κ2) is 5.89. The van der Waals surface area contributed by atoms with E-state index in [0.717, 1.165) is 26.1 Å². The molecular formula is C14H20ClFN2. The highest BCUT2D eigenvalue weighted by molar-refractivity contribution is 6.30. The van der Waals surface area contributed by atoms with Crippen molar-refractivity contribution in [3.8, 4) is 0 Å². The van der Waals surface area contributed by atoms with Crippen LogP contribution in [0, 0.1) is 11.7 Å². The van der Waals surface area contributed by atoms with E-state index < -0.39 is 0 Å². The number of halogens is 2. The highest BCUT2D eigenvalue weighted by atomic mass is 35.5. The van der Waals surface area contributed by atoms with Gasteiger partial charge in [-0.2, -0.15) is 0 Å². The number of benzene rings is 1. The van der Waals surface area contributed by atoms with Gasteiger partial charge in [-0.25, -0.2) is 4.39 Å². The lowest BCUT2D eigenvalue weighted by molar-refractivity contribution is 0.480. The molecule has 1 unspecified atom stereocenters. The minimum Gasteiger partial charge on any atom is -0.369 e. The highest BCUT2D eigenvalue weighted by Crippen LogP contribution is 2.28. The average Bonchev–Trinajstić information content (AvgIpc) is 2.78. The molecule has 0 aliphatic carbocycles. The quantitative estimate of drug-likeness (QED) is 0.903. The highest BCUT2D eigenvalue weighted by Gasteiger charge is 2.24. The molecular weight excluding hydrogens is 251 g/mol. The van der Waals surface area contributed by atoms with Gasteiger partial charge < -0.3 is 10.2 Å². The summed E-state index contributed by atoms with van der Waals surface area (Å²) in [4.78, 5) is 2.09. The summed E-state index contributed by atoms with van der Waals surface area (Å²) in [5.74, 6) is 0.405. The van der Waals surface area contributed by atoms with E-state index in [1.165, 1.54) is 6.07 Å². The third kappa shape index (κ3) is 3.36. The summed E-state index contributed by atoms with van der Waals surface area (Å²) in [5.41, 5.74) is 0.634. The summed E-state index contributed by atoms with van der Waals surface area (Å²) in [6, 6.07) is 5.25. The minimum absolute atomic E-state index is 0.183. The van der Waals surface area contributed by atoms with Gasteiger partial charge in [-0.3, -0.25) is 0 Å². The van der Waals surface area contributed by atoms with Crippen molar-refractivity contribution in [3.05, 3.63) is 29.0 Å². The number of nitrogens with one attached hydrogen (secondary N) is 1. The topological polar surface area (TPSA) is 15.3 Å². The number of anilines is 1. The van der Waals surface area contributed by atoms with Gasteiger partial charge in [-0.1, -0.05) is 25.4 Å². The normalized spacial score (nSPS) is 19.8. The molecule has 18 heavy (non-hydrogen) atoms. The van der Waals surface area contributed by atoms with Crippen LogP contribution >= 0.6 is 11.6 Å². The van der Waals surface area contributed by atoms with Crippen LogP contribution < -0.4 is 10.2 Å². The Morgan fingerprint density at radius 2 is 2.28 bits per heavy atom. The van der Waals surface area contributed by atoms with Gasteiger partial charge in [0.15, 0.2) is 0 Å². The maximum Gasteiger partial charge on any atom is 0.146 e. The molecule has 1 aromatic carbocycles. The Kier molecular flexibility index (Phi) is 4.46. The lowest BCUT2D eigenvalue weighted by Gasteiger charge is -2.20. The molecule has 0 aromatic heterocycles. The number of hydrogen-bond acceptors (Lipinski definition) is 2. The first-order chi connectivity index (χ1) is 8.56. The van der Waals surface area contributed by atoms with E-state index in [4.69, 9.17) is 11.6 Å². The molecule has 4 heteroatoms. The van der Waals surface area contributed by atoms with Crippen LogP contribution in [0.5, 0.6) is 0 Å². The van der Waals surface area contributed by atoms with Crippen molar-refractivity contribution in [3.63, 3.8) is 0 Å². The van der Waals surface area contributed by atoms with Crippen LogP contribution in [-0.2, 0) is 0 Å². The van der Waals surface area contributed by atoms with E-state index in [2.05, 4.69) is 24.1 Å². The molecule has 1 atom stereocenters. The molecule has 1 saturated heterocycles. The Bertz CT molecular complexity index is 409. The van der Waals surface area contributed by atoms with Crippen molar-refractivity contribution in [2.45, 2.75) is 26.3 Å². The van der Waals surface area contributed by atoms with Crippen LogP contribution in [0.15, 0.2) is 18.2 Å². The number of hydrogen-bond donors (Lipinski definition) is 1. The van der Waals surface area contributed by atoms with E-state index in [0.29, 0.717) is 22.7 Å². The SMILES string of the molecule is CC(C)NCC1CCN(c2cc(Cl)ccc2F)C1. The first kappa shape index (κ1) is 13.6. The van der Waals surface area contributed by atoms with Crippen molar-refractivity contribution in [2.24, 2.45) is 5.92 Å². The minimum atomic E-state index is -0.183. The molecule has 2 rings (SSSR count). The summed E-state index contributed by atoms with van der Waals surface area (Å²) in [6.45, 7) is 7.09. The van der Waals surface area contributed by atoms with Gasteiger partial charge in [0, 0.05) is 24.2 Å². The summed E-state index contributed by atoms with van der Waals surface area (Å²) in [6.07, 6.45) is 1.10. The second-order valence-electron chi connectivity index (χ2n) is 5.26. The van der Waals surface area contributed by atoms with Gasteiger partial charge in [-0.15, -0.1) is 0 Å². The molecule has 1 heterocycles. The van der Waals surface area contributed by atoms with Gasteiger partial charge in [0.2, 0.25) is 0 Å². The molecule has 0 spiro atoms. The summed E-state index contributed by atoms with van der Waals surface area (Å²) < 4.78 is 13.7. The van der Waals surface area contributed by atoms with Crippen LogP contribution in [0.3, 0.4) is 0 Å². The molecule has 0 amide bonds. The standard InChI is InChI=1S/C14H20ClFN2/c1-10(2)17-8-11-5-6-18(9-11)14-7-12(15)3-4-13(14)16/h3-4,7,10-11,17H,5-6,8-9H2,1-2H3. The average molecular weight is 271 g/mol. The smallest absolute Gasteiger partial charge is 0.146 e. The Balaban J connectivity index is 1.97. The van der Waals surface area contributed by atoms with E-state index in [1.54, 1.807) is 12.1 Å². The molecule has 1 aromatic rings. The maximum atomic E-state index is 13.7. The van der Waals surface area contributed by atoms with Gasteiger partial charge in [0.05, 0.1) is 5.69 Å². The summed E-state index contributed by atoms with van der Waals surface area (Å²) in [7, 11) is 0. The number of rotatable bonds is 4. The fraction of sp³-hybridized carbons (Fsp3) is 0.571. The van der Waals surface area contributed by atoms with Gasteiger partial charge in [0.1, 0.15) is 5.82 Å². The zero-order valence-corrected chi connectivity index (χ0v) is 11.7. The van der Waals surface area contributed by atoms with Crippen molar-refractivity contribution >= 4 is 17.3 Å². The summed E-state index contributed by atoms with van der Waals surface area (Å²) >= 11 is 5.93. The molecule has 1 aliphatic heterocycles. The Morgan fingerprint density at radius 3 is 3.00 bits per heavy atom. The van der Waals surface area contributed by atoms with Crippen LogP contribution in [-0.4, -0.2) is 25.7 Å². The van der Waals surface area contributed by atoms with Crippen LogP contribution in [0.25, 0.3) is 0 Å². The van der Waals surface area contributed by atoms with Gasteiger partial charge >= 0.3 is 0 Å². The maximum absolute atomic E-state index is 13.7. The molecule has 1 fully saturated rings. The Morgan fingerprint density at radius 1 is 1.50 bits per heavy atom. The third-order valence-electron chi connectivity index (χ3n) is 3.35. The zero-order chi connectivity index (χ0) is 13.1. The van der Waals surface area contributed by atoms with Crippen molar-refractivity contribution in [1.29, 1.82) is 0 Å². The van der Waals surface area contributed by atoms with E-state index in [-0.39, 0.29) is 5.82 Å². The lowest BCUT2D eigenvalue weighted by atomic mass is 10.1. The predicted molar refractivity (Wildman–Crippen MR) is 74.9 cm³/mol. The van der Waals surface area contributed by atoms with Crippen LogP contribution in [0.1, 0.15) is 20.3 Å². The van der Waals surface area contributed by atoms with Gasteiger partial charge in [0.25, 0.3) is 0 Å². The van der Waals surface area contributed by atoms with Crippen molar-refractivity contribution < 1.29 is 4.39 Å². The third-order valence-corrected chi connectivity index (χ3v) is 3.58. The van der Waals surface area contributed by atoms with E-state index in [9.17, 15) is 4.39 Å². The molecule has 0 radical (unpaired) electrons. The first-order valence-corrected chi connectivity index (χ1v) is 6.87. The first-order valence-electron chi connectivity index (χ1n) is 6.49. The summed E-state index contributed by atoms with van der Waals surface area (Å²) in [5, 5.41) is 4.03. The van der Waals surface area contributed by atoms with Crippen molar-refractivity contribution in [1.82, 2.24) is 5.32 Å². The van der Waals surface area contributed by atoms with E-state index in [1.807, 2.05) is 0 Å². The molecule has 0 saturated carbocycles. The molecule has 0 bridgehead atoms. The van der Waals surface area contributed by atoms with Crippen molar-refractivity contribution in [2.75, 3.05) is 24.5 Å². The second-order valence-corrected chi connectivity index (χ2v) is 5.70. The molecule has 100 valence electrons. The largest absolute Gasteiger partial charge is 0.369 e.